The number of hydrogen-bond acceptors (Lipinski definition) is 2. The Morgan fingerprint density at radius 2 is 2.14 bits per heavy atom. The molecule has 1 aromatic heterocycles. The molecule has 0 amide bonds. The second-order valence-electron chi connectivity index (χ2n) is 6.22. The first-order valence-electron chi connectivity index (χ1n) is 7.60. The van der Waals surface area contributed by atoms with Gasteiger partial charge in [0, 0.05) is 37.0 Å². The molecule has 0 radical (unpaired) electrons. The Hall–Kier alpha value is -1.68. The van der Waals surface area contributed by atoms with Gasteiger partial charge in [0.1, 0.15) is 5.82 Å². The number of halogens is 1. The topological polar surface area (TPSA) is 29.9 Å². The molecule has 1 saturated carbocycles. The zero-order valence-corrected chi connectivity index (χ0v) is 12.9. The van der Waals surface area contributed by atoms with Gasteiger partial charge in [-0.3, -0.25) is 4.68 Å². The second-order valence-corrected chi connectivity index (χ2v) is 6.22. The Morgan fingerprint density at radius 1 is 1.38 bits per heavy atom. The summed E-state index contributed by atoms with van der Waals surface area (Å²) in [6.07, 6.45) is 4.40. The van der Waals surface area contributed by atoms with Crippen molar-refractivity contribution in [3.63, 3.8) is 0 Å². The lowest BCUT2D eigenvalue weighted by atomic mass is 9.99. The zero-order valence-electron chi connectivity index (χ0n) is 12.9. The van der Waals surface area contributed by atoms with Crippen molar-refractivity contribution in [1.82, 2.24) is 15.1 Å². The van der Waals surface area contributed by atoms with E-state index in [1.807, 2.05) is 25.4 Å². The third-order valence-corrected chi connectivity index (χ3v) is 3.93. The van der Waals surface area contributed by atoms with Crippen LogP contribution >= 0.6 is 0 Å². The van der Waals surface area contributed by atoms with E-state index in [9.17, 15) is 4.39 Å². The van der Waals surface area contributed by atoms with Crippen LogP contribution < -0.4 is 5.32 Å². The SMILES string of the molecule is CC(C)c1nn(C)cc1-c1ccc(CNC2CC2)c(F)c1. The van der Waals surface area contributed by atoms with Crippen LogP contribution in [-0.2, 0) is 13.6 Å². The molecular weight excluding hydrogens is 265 g/mol. The number of nitrogens with zero attached hydrogens (tertiary/aromatic N) is 2. The van der Waals surface area contributed by atoms with E-state index in [1.165, 1.54) is 12.8 Å². The molecule has 0 bridgehead atoms. The van der Waals surface area contributed by atoms with Gasteiger partial charge in [-0.1, -0.05) is 26.0 Å². The molecule has 112 valence electrons. The van der Waals surface area contributed by atoms with E-state index in [2.05, 4.69) is 24.3 Å². The van der Waals surface area contributed by atoms with E-state index in [-0.39, 0.29) is 5.82 Å². The van der Waals surface area contributed by atoms with E-state index in [4.69, 9.17) is 0 Å². The number of rotatable bonds is 5. The van der Waals surface area contributed by atoms with Crippen molar-refractivity contribution in [2.45, 2.75) is 45.2 Å². The van der Waals surface area contributed by atoms with Crippen molar-refractivity contribution in [3.05, 3.63) is 41.5 Å². The average Bonchev–Trinajstić information content (AvgIpc) is 3.18. The Labute approximate surface area is 125 Å². The van der Waals surface area contributed by atoms with Gasteiger partial charge in [-0.15, -0.1) is 0 Å². The Morgan fingerprint density at radius 3 is 2.76 bits per heavy atom. The van der Waals surface area contributed by atoms with Gasteiger partial charge in [0.05, 0.1) is 5.69 Å². The van der Waals surface area contributed by atoms with Crippen LogP contribution in [0.25, 0.3) is 11.1 Å². The Kier molecular flexibility index (Phi) is 3.81. The van der Waals surface area contributed by atoms with Gasteiger partial charge in [0.25, 0.3) is 0 Å². The summed E-state index contributed by atoms with van der Waals surface area (Å²) in [5.74, 6) is 0.180. The first-order valence-corrected chi connectivity index (χ1v) is 7.60. The maximum Gasteiger partial charge on any atom is 0.128 e. The van der Waals surface area contributed by atoms with Gasteiger partial charge in [-0.05, 0) is 30.4 Å². The standard InChI is InChI=1S/C17H22FN3/c1-11(2)17-15(10-21(3)20-17)12-4-5-13(16(18)8-12)9-19-14-6-7-14/h4-5,8,10-11,14,19H,6-7,9H2,1-3H3. The van der Waals surface area contributed by atoms with Crippen LogP contribution in [0.5, 0.6) is 0 Å². The predicted molar refractivity (Wildman–Crippen MR) is 82.6 cm³/mol. The largest absolute Gasteiger partial charge is 0.310 e. The fraction of sp³-hybridized carbons (Fsp3) is 0.471. The van der Waals surface area contributed by atoms with Gasteiger partial charge in [-0.2, -0.15) is 5.10 Å². The Balaban J connectivity index is 1.87. The number of benzene rings is 1. The lowest BCUT2D eigenvalue weighted by Gasteiger charge is -2.09. The third-order valence-electron chi connectivity index (χ3n) is 3.93. The average molecular weight is 287 g/mol. The molecule has 1 heterocycles. The van der Waals surface area contributed by atoms with Crippen LogP contribution in [0.3, 0.4) is 0 Å². The van der Waals surface area contributed by atoms with Gasteiger partial charge >= 0.3 is 0 Å². The van der Waals surface area contributed by atoms with Gasteiger partial charge in [-0.25, -0.2) is 4.39 Å². The molecule has 21 heavy (non-hydrogen) atoms. The van der Waals surface area contributed by atoms with Crippen LogP contribution in [0, 0.1) is 5.82 Å². The Bertz CT molecular complexity index is 641. The molecule has 0 saturated heterocycles. The minimum atomic E-state index is -0.140. The van der Waals surface area contributed by atoms with Crippen LogP contribution in [0.15, 0.2) is 24.4 Å². The molecule has 1 aromatic carbocycles. The zero-order chi connectivity index (χ0) is 15.0. The van der Waals surface area contributed by atoms with E-state index in [0.717, 1.165) is 22.4 Å². The van der Waals surface area contributed by atoms with Gasteiger partial charge in [0.15, 0.2) is 0 Å². The molecule has 1 aliphatic rings. The van der Waals surface area contributed by atoms with Crippen LogP contribution in [0.1, 0.15) is 43.9 Å². The first kappa shape index (κ1) is 14.3. The van der Waals surface area contributed by atoms with Crippen LogP contribution in [0.2, 0.25) is 0 Å². The number of aryl methyl sites for hydroxylation is 1. The highest BCUT2D eigenvalue weighted by Gasteiger charge is 2.21. The van der Waals surface area contributed by atoms with Crippen molar-refractivity contribution in [2.75, 3.05) is 0 Å². The highest BCUT2D eigenvalue weighted by molar-refractivity contribution is 5.66. The van der Waals surface area contributed by atoms with Crippen molar-refractivity contribution >= 4 is 0 Å². The summed E-state index contributed by atoms with van der Waals surface area (Å²) >= 11 is 0. The maximum atomic E-state index is 14.3. The summed E-state index contributed by atoms with van der Waals surface area (Å²) in [5.41, 5.74) is 3.67. The van der Waals surface area contributed by atoms with E-state index >= 15 is 0 Å². The summed E-state index contributed by atoms with van der Waals surface area (Å²) in [6.45, 7) is 4.83. The number of nitrogens with one attached hydrogen (secondary N) is 1. The van der Waals surface area contributed by atoms with Crippen molar-refractivity contribution in [2.24, 2.45) is 7.05 Å². The molecule has 0 atom stereocenters. The summed E-state index contributed by atoms with van der Waals surface area (Å²) < 4.78 is 16.1. The van der Waals surface area contributed by atoms with Gasteiger partial charge < -0.3 is 5.32 Å². The van der Waals surface area contributed by atoms with Crippen LogP contribution in [-0.4, -0.2) is 15.8 Å². The van der Waals surface area contributed by atoms with Crippen molar-refractivity contribution < 1.29 is 4.39 Å². The molecule has 0 spiro atoms. The quantitative estimate of drug-likeness (QED) is 0.910. The first-order chi connectivity index (χ1) is 10.0. The second kappa shape index (κ2) is 5.60. The maximum absolute atomic E-state index is 14.3. The van der Waals surface area contributed by atoms with E-state index < -0.39 is 0 Å². The molecule has 2 aromatic rings. The monoisotopic (exact) mass is 287 g/mol. The third kappa shape index (κ3) is 3.16. The minimum absolute atomic E-state index is 0.140. The smallest absolute Gasteiger partial charge is 0.128 e. The minimum Gasteiger partial charge on any atom is -0.310 e. The molecule has 4 heteroatoms. The molecule has 1 N–H and O–H groups in total. The fourth-order valence-electron chi connectivity index (χ4n) is 2.55. The normalized spacial score (nSPS) is 14.9. The lowest BCUT2D eigenvalue weighted by molar-refractivity contribution is 0.587. The van der Waals surface area contributed by atoms with Crippen LogP contribution in [0.4, 0.5) is 4.39 Å². The molecule has 3 nitrogen and oxygen atoms in total. The summed E-state index contributed by atoms with van der Waals surface area (Å²) in [7, 11) is 1.90. The summed E-state index contributed by atoms with van der Waals surface area (Å²) in [6, 6.07) is 6.11. The molecule has 1 aliphatic carbocycles. The molecule has 1 fully saturated rings. The lowest BCUT2D eigenvalue weighted by Crippen LogP contribution is -2.16. The summed E-state index contributed by atoms with van der Waals surface area (Å²) in [4.78, 5) is 0. The van der Waals surface area contributed by atoms with Crippen molar-refractivity contribution in [1.29, 1.82) is 0 Å². The van der Waals surface area contributed by atoms with E-state index in [0.29, 0.717) is 18.5 Å². The number of hydrogen-bond donors (Lipinski definition) is 1. The molecular formula is C17H22FN3. The number of aromatic nitrogens is 2. The highest BCUT2D eigenvalue weighted by atomic mass is 19.1. The fourth-order valence-corrected chi connectivity index (χ4v) is 2.55. The summed E-state index contributed by atoms with van der Waals surface area (Å²) in [5, 5.41) is 7.84. The molecule has 0 unspecified atom stereocenters. The molecule has 0 aliphatic heterocycles. The van der Waals surface area contributed by atoms with E-state index in [1.54, 1.807) is 10.7 Å². The predicted octanol–water partition coefficient (Wildman–Crippen LogP) is 3.60. The molecule has 3 rings (SSSR count). The van der Waals surface area contributed by atoms with Gasteiger partial charge in [0.2, 0.25) is 0 Å². The highest BCUT2D eigenvalue weighted by Crippen LogP contribution is 2.29. The van der Waals surface area contributed by atoms with Crippen molar-refractivity contribution in [3.8, 4) is 11.1 Å².